The minimum atomic E-state index is 0.265. The van der Waals surface area contributed by atoms with Gasteiger partial charge in [-0.05, 0) is 54.9 Å². The van der Waals surface area contributed by atoms with Gasteiger partial charge in [-0.15, -0.1) is 0 Å². The number of hydrogen-bond donors (Lipinski definition) is 1. The largest absolute Gasteiger partial charge is 0.335 e. The molecule has 3 aliphatic rings. The Morgan fingerprint density at radius 3 is 2.81 bits per heavy atom. The van der Waals surface area contributed by atoms with Crippen LogP contribution in [0.1, 0.15) is 60.0 Å². The highest BCUT2D eigenvalue weighted by Crippen LogP contribution is 2.36. The van der Waals surface area contributed by atoms with Gasteiger partial charge >= 0.3 is 0 Å². The van der Waals surface area contributed by atoms with Gasteiger partial charge in [0, 0.05) is 31.2 Å². The number of nitrogens with zero attached hydrogens (tertiary/aromatic N) is 1. The number of carbonyl (C=O) groups is 1. The van der Waals surface area contributed by atoms with E-state index in [0.717, 1.165) is 31.1 Å². The van der Waals surface area contributed by atoms with E-state index in [0.29, 0.717) is 6.04 Å². The molecule has 0 aromatic heterocycles. The number of nitrogens with one attached hydrogen (secondary N) is 1. The summed E-state index contributed by atoms with van der Waals surface area (Å²) in [6, 6.07) is 6.78. The van der Waals surface area contributed by atoms with Crippen molar-refractivity contribution in [1.82, 2.24) is 10.2 Å². The Morgan fingerprint density at radius 2 is 1.86 bits per heavy atom. The predicted molar refractivity (Wildman–Crippen MR) is 83.0 cm³/mol. The van der Waals surface area contributed by atoms with Gasteiger partial charge in [0.05, 0.1) is 0 Å². The average Bonchev–Trinajstić information content (AvgIpc) is 3.01. The molecule has 0 bridgehead atoms. The van der Waals surface area contributed by atoms with E-state index in [9.17, 15) is 4.79 Å². The van der Waals surface area contributed by atoms with Crippen molar-refractivity contribution in [3.05, 3.63) is 34.9 Å². The number of benzene rings is 1. The quantitative estimate of drug-likeness (QED) is 0.859. The first-order valence-electron chi connectivity index (χ1n) is 8.46. The van der Waals surface area contributed by atoms with Crippen molar-refractivity contribution in [2.24, 2.45) is 5.92 Å². The van der Waals surface area contributed by atoms with Crippen molar-refractivity contribution in [2.75, 3.05) is 6.54 Å². The second-order valence-electron chi connectivity index (χ2n) is 6.84. The van der Waals surface area contributed by atoms with Crippen LogP contribution in [0.3, 0.4) is 0 Å². The standard InChI is InChI=1S/C18H24N2O/c21-18(14-7-8-15-11-19-12-16(15)10-14)20-9-3-5-13-4-1-2-6-17(13)20/h7-8,10,13,17,19H,1-6,9,11-12H2/t13-,17-/m1/s1. The maximum atomic E-state index is 13.0. The molecule has 1 saturated carbocycles. The van der Waals surface area contributed by atoms with Crippen LogP contribution in [0.25, 0.3) is 0 Å². The Labute approximate surface area is 126 Å². The fraction of sp³-hybridized carbons (Fsp3) is 0.611. The van der Waals surface area contributed by atoms with Gasteiger partial charge in [-0.1, -0.05) is 18.9 Å². The third-order valence-corrected chi connectivity index (χ3v) is 5.59. The molecule has 1 aromatic carbocycles. The van der Waals surface area contributed by atoms with Crippen LogP contribution in [0.4, 0.5) is 0 Å². The highest BCUT2D eigenvalue weighted by atomic mass is 16.2. The molecule has 1 amide bonds. The summed E-state index contributed by atoms with van der Waals surface area (Å²) in [6.45, 7) is 2.80. The lowest BCUT2D eigenvalue weighted by molar-refractivity contribution is 0.0390. The summed E-state index contributed by atoms with van der Waals surface area (Å²) in [5.74, 6) is 1.02. The van der Waals surface area contributed by atoms with Gasteiger partial charge in [0.2, 0.25) is 0 Å². The first-order chi connectivity index (χ1) is 10.3. The lowest BCUT2D eigenvalue weighted by Gasteiger charge is -2.44. The third kappa shape index (κ3) is 2.38. The van der Waals surface area contributed by atoms with Crippen molar-refractivity contribution in [2.45, 2.75) is 57.7 Å². The van der Waals surface area contributed by atoms with Crippen LogP contribution in [0.2, 0.25) is 0 Å². The monoisotopic (exact) mass is 284 g/mol. The molecule has 2 heterocycles. The number of likely N-dealkylation sites (tertiary alicyclic amines) is 1. The van der Waals surface area contributed by atoms with Crippen LogP contribution in [-0.2, 0) is 13.1 Å². The molecule has 2 fully saturated rings. The molecule has 1 N–H and O–H groups in total. The van der Waals surface area contributed by atoms with Gasteiger partial charge in [-0.2, -0.15) is 0 Å². The second kappa shape index (κ2) is 5.45. The smallest absolute Gasteiger partial charge is 0.254 e. The van der Waals surface area contributed by atoms with Crippen LogP contribution < -0.4 is 5.32 Å². The summed E-state index contributed by atoms with van der Waals surface area (Å²) < 4.78 is 0. The molecule has 4 rings (SSSR count). The first kappa shape index (κ1) is 13.3. The Morgan fingerprint density at radius 1 is 1.05 bits per heavy atom. The van der Waals surface area contributed by atoms with E-state index in [1.54, 1.807) is 0 Å². The first-order valence-corrected chi connectivity index (χ1v) is 8.46. The van der Waals surface area contributed by atoms with E-state index in [-0.39, 0.29) is 5.91 Å². The van der Waals surface area contributed by atoms with Crippen LogP contribution in [0.15, 0.2) is 18.2 Å². The highest BCUT2D eigenvalue weighted by molar-refractivity contribution is 5.94. The van der Waals surface area contributed by atoms with E-state index < -0.39 is 0 Å². The van der Waals surface area contributed by atoms with Gasteiger partial charge < -0.3 is 10.2 Å². The Balaban J connectivity index is 1.58. The topological polar surface area (TPSA) is 32.3 Å². The van der Waals surface area contributed by atoms with Gasteiger partial charge in [-0.25, -0.2) is 0 Å². The van der Waals surface area contributed by atoms with Crippen molar-refractivity contribution in [3.63, 3.8) is 0 Å². The predicted octanol–water partition coefficient (Wildman–Crippen LogP) is 3.08. The number of amides is 1. The summed E-state index contributed by atoms with van der Waals surface area (Å²) >= 11 is 0. The second-order valence-corrected chi connectivity index (χ2v) is 6.84. The fourth-order valence-electron chi connectivity index (χ4n) is 4.47. The molecule has 1 aromatic rings. The normalized spacial score (nSPS) is 28.1. The SMILES string of the molecule is O=C(c1ccc2c(c1)CNC2)N1CCC[C@H]2CCCC[C@H]21. The van der Waals surface area contributed by atoms with Crippen molar-refractivity contribution < 1.29 is 4.79 Å². The number of piperidine rings is 1. The van der Waals surface area contributed by atoms with Crippen molar-refractivity contribution in [3.8, 4) is 0 Å². The molecule has 112 valence electrons. The molecule has 0 unspecified atom stereocenters. The zero-order valence-corrected chi connectivity index (χ0v) is 12.6. The summed E-state index contributed by atoms with van der Waals surface area (Å²) in [5.41, 5.74) is 3.54. The van der Waals surface area contributed by atoms with Crippen LogP contribution in [0.5, 0.6) is 0 Å². The van der Waals surface area contributed by atoms with E-state index in [1.807, 2.05) is 6.07 Å². The summed E-state index contributed by atoms with van der Waals surface area (Å²) in [4.78, 5) is 15.2. The zero-order chi connectivity index (χ0) is 14.2. The Hall–Kier alpha value is -1.35. The molecule has 2 aliphatic heterocycles. The Kier molecular flexibility index (Phi) is 3.46. The van der Waals surface area contributed by atoms with Gasteiger partial charge in [0.1, 0.15) is 0 Å². The number of rotatable bonds is 1. The molecule has 21 heavy (non-hydrogen) atoms. The molecular formula is C18H24N2O. The summed E-state index contributed by atoms with van der Waals surface area (Å²) in [7, 11) is 0. The lowest BCUT2D eigenvalue weighted by atomic mass is 9.78. The van der Waals surface area contributed by atoms with E-state index >= 15 is 0 Å². The van der Waals surface area contributed by atoms with Gasteiger partial charge in [0.25, 0.3) is 5.91 Å². The van der Waals surface area contributed by atoms with Crippen LogP contribution >= 0.6 is 0 Å². The minimum Gasteiger partial charge on any atom is -0.335 e. The lowest BCUT2D eigenvalue weighted by Crippen LogP contribution is -2.49. The highest BCUT2D eigenvalue weighted by Gasteiger charge is 2.36. The summed E-state index contributed by atoms with van der Waals surface area (Å²) in [5, 5.41) is 3.35. The molecule has 1 aliphatic carbocycles. The Bertz CT molecular complexity index is 552. The van der Waals surface area contributed by atoms with Crippen molar-refractivity contribution in [1.29, 1.82) is 0 Å². The average molecular weight is 284 g/mol. The number of hydrogen-bond acceptors (Lipinski definition) is 2. The van der Waals surface area contributed by atoms with Crippen LogP contribution in [-0.4, -0.2) is 23.4 Å². The number of carbonyl (C=O) groups excluding carboxylic acids is 1. The maximum Gasteiger partial charge on any atom is 0.254 e. The maximum absolute atomic E-state index is 13.0. The molecule has 0 spiro atoms. The zero-order valence-electron chi connectivity index (χ0n) is 12.6. The number of fused-ring (bicyclic) bond motifs is 2. The molecular weight excluding hydrogens is 260 g/mol. The van der Waals surface area contributed by atoms with E-state index in [1.165, 1.54) is 49.7 Å². The van der Waals surface area contributed by atoms with Gasteiger partial charge in [-0.3, -0.25) is 4.79 Å². The van der Waals surface area contributed by atoms with E-state index in [2.05, 4.69) is 22.3 Å². The van der Waals surface area contributed by atoms with Crippen molar-refractivity contribution >= 4 is 5.91 Å². The van der Waals surface area contributed by atoms with Gasteiger partial charge in [0.15, 0.2) is 0 Å². The minimum absolute atomic E-state index is 0.265. The fourth-order valence-corrected chi connectivity index (χ4v) is 4.47. The van der Waals surface area contributed by atoms with Crippen LogP contribution in [0, 0.1) is 5.92 Å². The third-order valence-electron chi connectivity index (χ3n) is 5.59. The summed E-state index contributed by atoms with van der Waals surface area (Å²) in [6.07, 6.45) is 7.68. The van der Waals surface area contributed by atoms with E-state index in [4.69, 9.17) is 0 Å². The molecule has 2 atom stereocenters. The molecule has 3 heteroatoms. The molecule has 0 radical (unpaired) electrons. The molecule has 1 saturated heterocycles. The molecule has 3 nitrogen and oxygen atoms in total.